The summed E-state index contributed by atoms with van der Waals surface area (Å²) in [6.07, 6.45) is 1.80. The lowest BCUT2D eigenvalue weighted by atomic mass is 10.1. The molecule has 34 heavy (non-hydrogen) atoms. The molecule has 0 aromatic heterocycles. The first-order valence-corrected chi connectivity index (χ1v) is 12.3. The number of anilines is 1. The minimum Gasteiger partial charge on any atom is -0.493 e. The van der Waals surface area contributed by atoms with Crippen LogP contribution in [0.15, 0.2) is 70.0 Å². The number of benzene rings is 3. The molecule has 3 aromatic carbocycles. The van der Waals surface area contributed by atoms with Gasteiger partial charge in [0, 0.05) is 0 Å². The van der Waals surface area contributed by atoms with Crippen LogP contribution >= 0.6 is 39.9 Å². The molecule has 1 aliphatic rings. The quantitative estimate of drug-likeness (QED) is 0.254. The van der Waals surface area contributed by atoms with Gasteiger partial charge in [-0.2, -0.15) is 5.26 Å². The predicted molar refractivity (Wildman–Crippen MR) is 143 cm³/mol. The zero-order chi connectivity index (χ0) is 24.2. The molecule has 0 atom stereocenters. The van der Waals surface area contributed by atoms with Gasteiger partial charge in [-0.3, -0.25) is 9.69 Å². The van der Waals surface area contributed by atoms with Gasteiger partial charge in [0.2, 0.25) is 0 Å². The molecule has 3 aromatic rings. The molecule has 1 amide bonds. The first-order chi connectivity index (χ1) is 16.4. The summed E-state index contributed by atoms with van der Waals surface area (Å²) in [6.45, 7) is 2.31. The summed E-state index contributed by atoms with van der Waals surface area (Å²) in [5.41, 5.74) is 4.17. The van der Waals surface area contributed by atoms with Crippen LogP contribution in [-0.4, -0.2) is 17.3 Å². The van der Waals surface area contributed by atoms with Crippen molar-refractivity contribution in [2.45, 2.75) is 13.5 Å². The minimum atomic E-state index is -0.157. The highest BCUT2D eigenvalue weighted by Gasteiger charge is 2.33. The Morgan fingerprint density at radius 1 is 1.15 bits per heavy atom. The Morgan fingerprint density at radius 2 is 1.85 bits per heavy atom. The molecule has 1 fully saturated rings. The fraction of sp³-hybridized carbons (Fsp3) is 0.115. The van der Waals surface area contributed by atoms with Crippen LogP contribution < -0.4 is 14.4 Å². The van der Waals surface area contributed by atoms with E-state index in [4.69, 9.17) is 27.0 Å². The zero-order valence-corrected chi connectivity index (χ0v) is 21.6. The van der Waals surface area contributed by atoms with Crippen molar-refractivity contribution in [2.75, 3.05) is 12.0 Å². The molecule has 0 spiro atoms. The number of nitriles is 1. The lowest BCUT2D eigenvalue weighted by Gasteiger charge is -2.15. The number of ether oxygens (including phenoxy) is 2. The number of thioether (sulfide) groups is 1. The van der Waals surface area contributed by atoms with Crippen LogP contribution in [0.4, 0.5) is 5.69 Å². The molecular weight excluding hydrogens is 532 g/mol. The van der Waals surface area contributed by atoms with E-state index in [9.17, 15) is 4.79 Å². The van der Waals surface area contributed by atoms with Crippen molar-refractivity contribution >= 4 is 61.9 Å². The predicted octanol–water partition coefficient (Wildman–Crippen LogP) is 6.62. The fourth-order valence-corrected chi connectivity index (χ4v) is 5.20. The van der Waals surface area contributed by atoms with Gasteiger partial charge in [-0.25, -0.2) is 0 Å². The lowest BCUT2D eigenvalue weighted by Crippen LogP contribution is -2.27. The van der Waals surface area contributed by atoms with Crippen molar-refractivity contribution in [3.8, 4) is 17.6 Å². The van der Waals surface area contributed by atoms with Crippen LogP contribution in [-0.2, 0) is 11.4 Å². The van der Waals surface area contributed by atoms with E-state index in [-0.39, 0.29) is 5.91 Å². The summed E-state index contributed by atoms with van der Waals surface area (Å²) in [6, 6.07) is 20.7. The number of hydrogen-bond acceptors (Lipinski definition) is 6. The van der Waals surface area contributed by atoms with E-state index in [2.05, 4.69) is 22.0 Å². The molecule has 1 saturated heterocycles. The van der Waals surface area contributed by atoms with Crippen molar-refractivity contribution in [2.24, 2.45) is 0 Å². The van der Waals surface area contributed by atoms with Crippen LogP contribution in [0.25, 0.3) is 6.08 Å². The molecule has 4 rings (SSSR count). The number of carbonyl (C=O) groups excluding carboxylic acids is 1. The van der Waals surface area contributed by atoms with E-state index in [1.165, 1.54) is 11.8 Å². The Morgan fingerprint density at radius 3 is 2.50 bits per heavy atom. The molecule has 8 heteroatoms. The van der Waals surface area contributed by atoms with Crippen LogP contribution in [0.5, 0.6) is 11.5 Å². The van der Waals surface area contributed by atoms with Gasteiger partial charge in [0.25, 0.3) is 5.91 Å². The van der Waals surface area contributed by atoms with E-state index in [0.29, 0.717) is 37.4 Å². The van der Waals surface area contributed by atoms with Crippen molar-refractivity contribution in [3.05, 3.63) is 92.3 Å². The molecule has 5 nitrogen and oxygen atoms in total. The van der Waals surface area contributed by atoms with Gasteiger partial charge in [0.05, 0.1) is 33.8 Å². The molecule has 0 saturated carbocycles. The van der Waals surface area contributed by atoms with Crippen molar-refractivity contribution in [1.82, 2.24) is 0 Å². The molecule has 1 aliphatic heterocycles. The van der Waals surface area contributed by atoms with Gasteiger partial charge < -0.3 is 9.47 Å². The number of hydrogen-bond donors (Lipinski definition) is 0. The second kappa shape index (κ2) is 10.4. The Balaban J connectivity index is 1.56. The SMILES string of the molecule is COc1cc(/C=C2\SC(=S)N(c3ccc(C)cc3)C2=O)cc(Br)c1OCc1ccc(C#N)cc1. The largest absolute Gasteiger partial charge is 0.493 e. The Hall–Kier alpha value is -3.12. The average Bonchev–Trinajstić information content (AvgIpc) is 3.11. The third kappa shape index (κ3) is 5.17. The van der Waals surface area contributed by atoms with Crippen molar-refractivity contribution in [3.63, 3.8) is 0 Å². The number of carbonyl (C=O) groups is 1. The van der Waals surface area contributed by atoms with E-state index in [1.54, 1.807) is 30.2 Å². The summed E-state index contributed by atoms with van der Waals surface area (Å²) in [4.78, 5) is 15.2. The van der Waals surface area contributed by atoms with Gasteiger partial charge in [-0.15, -0.1) is 0 Å². The van der Waals surface area contributed by atoms with Crippen molar-refractivity contribution in [1.29, 1.82) is 5.26 Å². The molecule has 0 bridgehead atoms. The summed E-state index contributed by atoms with van der Waals surface area (Å²) >= 11 is 10.3. The van der Waals surface area contributed by atoms with Gasteiger partial charge >= 0.3 is 0 Å². The molecular formula is C26H19BrN2O3S2. The summed E-state index contributed by atoms with van der Waals surface area (Å²) < 4.78 is 12.7. The normalized spacial score (nSPS) is 14.4. The number of methoxy groups -OCH3 is 1. The maximum Gasteiger partial charge on any atom is 0.270 e. The highest BCUT2D eigenvalue weighted by atomic mass is 79.9. The highest BCUT2D eigenvalue weighted by molar-refractivity contribution is 9.10. The second-order valence-corrected chi connectivity index (χ2v) is 10.0. The standard InChI is InChI=1S/C26H19BrN2O3S2/c1-16-3-9-20(10-4-16)29-25(30)23(34-26(29)33)13-19-11-21(27)24(22(12-19)31-2)32-15-18-7-5-17(14-28)6-8-18/h3-13H,15H2,1-2H3/b23-13-. The first-order valence-electron chi connectivity index (χ1n) is 10.2. The number of thiocarbonyl (C=S) groups is 1. The fourth-order valence-electron chi connectivity index (χ4n) is 3.33. The van der Waals surface area contributed by atoms with Gasteiger partial charge in [-0.1, -0.05) is 53.8 Å². The maximum atomic E-state index is 13.1. The van der Waals surface area contributed by atoms with Gasteiger partial charge in [0.15, 0.2) is 15.8 Å². The van der Waals surface area contributed by atoms with E-state index in [1.807, 2.05) is 55.5 Å². The summed E-state index contributed by atoms with van der Waals surface area (Å²) in [7, 11) is 1.57. The second-order valence-electron chi connectivity index (χ2n) is 7.48. The molecule has 0 radical (unpaired) electrons. The topological polar surface area (TPSA) is 62.6 Å². The first kappa shape index (κ1) is 24.0. The minimum absolute atomic E-state index is 0.157. The number of rotatable bonds is 6. The van der Waals surface area contributed by atoms with E-state index < -0.39 is 0 Å². The van der Waals surface area contributed by atoms with Crippen LogP contribution in [0.3, 0.4) is 0 Å². The zero-order valence-electron chi connectivity index (χ0n) is 18.4. The molecule has 1 heterocycles. The molecule has 0 aliphatic carbocycles. The van der Waals surface area contributed by atoms with Gasteiger partial charge in [0.1, 0.15) is 6.61 Å². The summed E-state index contributed by atoms with van der Waals surface area (Å²) in [5, 5.41) is 8.94. The number of halogens is 1. The number of nitrogens with zero attached hydrogens (tertiary/aromatic N) is 2. The monoisotopic (exact) mass is 550 g/mol. The number of aryl methyl sites for hydroxylation is 1. The lowest BCUT2D eigenvalue weighted by molar-refractivity contribution is -0.113. The molecule has 170 valence electrons. The smallest absolute Gasteiger partial charge is 0.270 e. The van der Waals surface area contributed by atoms with Gasteiger partial charge in [-0.05, 0) is 76.5 Å². The van der Waals surface area contributed by atoms with Crippen molar-refractivity contribution < 1.29 is 14.3 Å². The summed E-state index contributed by atoms with van der Waals surface area (Å²) in [5.74, 6) is 0.926. The van der Waals surface area contributed by atoms with Crippen LogP contribution in [0.1, 0.15) is 22.3 Å². The van der Waals surface area contributed by atoms with E-state index in [0.717, 1.165) is 22.4 Å². The number of amides is 1. The van der Waals surface area contributed by atoms with Crippen LogP contribution in [0.2, 0.25) is 0 Å². The third-order valence-electron chi connectivity index (χ3n) is 5.10. The molecule has 0 N–H and O–H groups in total. The van der Waals surface area contributed by atoms with E-state index >= 15 is 0 Å². The average molecular weight is 551 g/mol. The third-order valence-corrected chi connectivity index (χ3v) is 6.99. The Labute approximate surface area is 216 Å². The maximum absolute atomic E-state index is 13.1. The highest BCUT2D eigenvalue weighted by Crippen LogP contribution is 2.40. The Bertz CT molecular complexity index is 1330. The Kier molecular flexibility index (Phi) is 7.37. The molecule has 0 unspecified atom stereocenters. The van der Waals surface area contributed by atoms with Crippen LogP contribution in [0, 0.1) is 18.3 Å².